The van der Waals surface area contributed by atoms with E-state index >= 15 is 0 Å². The molecule has 1 amide bonds. The molecule has 1 fully saturated rings. The minimum Gasteiger partial charge on any atom is -0.368 e. The number of hydrogen-bond acceptors (Lipinski definition) is 5. The Labute approximate surface area is 169 Å². The molecular weight excluding hydrogens is 380 g/mol. The van der Waals surface area contributed by atoms with Gasteiger partial charge >= 0.3 is 0 Å². The summed E-state index contributed by atoms with van der Waals surface area (Å²) in [6.45, 7) is 8.58. The van der Waals surface area contributed by atoms with Crippen molar-refractivity contribution in [3.63, 3.8) is 0 Å². The molecule has 0 atom stereocenters. The van der Waals surface area contributed by atoms with Gasteiger partial charge in [-0.3, -0.25) is 14.9 Å². The van der Waals surface area contributed by atoms with E-state index in [1.54, 1.807) is 25.1 Å². The number of nitrogens with zero attached hydrogens (tertiary/aromatic N) is 3. The fourth-order valence-electron chi connectivity index (χ4n) is 3.41. The van der Waals surface area contributed by atoms with Gasteiger partial charge in [-0.1, -0.05) is 24.6 Å². The van der Waals surface area contributed by atoms with Crippen LogP contribution in [0.2, 0.25) is 5.02 Å². The number of benzene rings is 2. The maximum absolute atomic E-state index is 12.6. The van der Waals surface area contributed by atoms with Crippen LogP contribution in [-0.2, 0) is 0 Å². The third-order valence-corrected chi connectivity index (χ3v) is 5.42. The highest BCUT2D eigenvalue weighted by atomic mass is 35.5. The Balaban J connectivity index is 1.74. The van der Waals surface area contributed by atoms with E-state index in [1.165, 1.54) is 12.1 Å². The maximum atomic E-state index is 12.6. The predicted molar refractivity (Wildman–Crippen MR) is 112 cm³/mol. The molecule has 1 saturated heterocycles. The van der Waals surface area contributed by atoms with E-state index in [1.807, 2.05) is 6.07 Å². The van der Waals surface area contributed by atoms with Gasteiger partial charge in [0.25, 0.3) is 11.6 Å². The van der Waals surface area contributed by atoms with Crippen LogP contribution in [0, 0.1) is 17.0 Å². The molecule has 8 heteroatoms. The number of nitro benzene ring substituents is 1. The number of hydrogen-bond donors (Lipinski definition) is 1. The number of nitrogens with one attached hydrogen (secondary N) is 1. The number of likely N-dealkylation sites (N-methyl/N-ethyl adjacent to an activating group) is 1. The summed E-state index contributed by atoms with van der Waals surface area (Å²) < 4.78 is 0. The number of amides is 1. The number of anilines is 2. The van der Waals surface area contributed by atoms with Gasteiger partial charge in [0.2, 0.25) is 0 Å². The normalized spacial score (nSPS) is 14.8. The molecule has 0 saturated carbocycles. The lowest BCUT2D eigenvalue weighted by molar-refractivity contribution is -0.385. The topological polar surface area (TPSA) is 78.7 Å². The van der Waals surface area contributed by atoms with Crippen molar-refractivity contribution >= 4 is 34.6 Å². The Bertz CT molecular complexity index is 895. The summed E-state index contributed by atoms with van der Waals surface area (Å²) >= 11 is 6.46. The van der Waals surface area contributed by atoms with Gasteiger partial charge in [0.05, 0.1) is 15.6 Å². The lowest BCUT2D eigenvalue weighted by atomic mass is 10.1. The molecule has 1 aliphatic rings. The van der Waals surface area contributed by atoms with Crippen LogP contribution in [-0.4, -0.2) is 48.5 Å². The third-order valence-electron chi connectivity index (χ3n) is 5.11. The van der Waals surface area contributed by atoms with Gasteiger partial charge in [0.1, 0.15) is 0 Å². The first-order valence-corrected chi connectivity index (χ1v) is 9.60. The average molecular weight is 403 g/mol. The van der Waals surface area contributed by atoms with Crippen molar-refractivity contribution in [1.82, 2.24) is 4.90 Å². The number of nitro groups is 1. The molecule has 0 unspecified atom stereocenters. The highest BCUT2D eigenvalue weighted by molar-refractivity contribution is 6.33. The molecule has 0 aromatic heterocycles. The van der Waals surface area contributed by atoms with Gasteiger partial charge < -0.3 is 15.1 Å². The Morgan fingerprint density at radius 2 is 1.93 bits per heavy atom. The molecule has 1 heterocycles. The Kier molecular flexibility index (Phi) is 6.16. The standard InChI is InChI=1S/C20H23ClN4O3/c1-3-23-9-11-24(12-10-23)19-8-7-15(13-17(19)21)22-20(26)16-5-4-6-18(14(16)2)25(27)28/h4-8,13H,3,9-12H2,1-2H3,(H,22,26). The number of halogens is 1. The van der Waals surface area contributed by atoms with Crippen LogP contribution in [0.3, 0.4) is 0 Å². The molecule has 2 aromatic rings. The van der Waals surface area contributed by atoms with E-state index in [9.17, 15) is 14.9 Å². The number of rotatable bonds is 5. The van der Waals surface area contributed by atoms with Gasteiger partial charge in [-0.2, -0.15) is 0 Å². The third kappa shape index (κ3) is 4.26. The molecule has 1 aliphatic heterocycles. The molecule has 0 radical (unpaired) electrons. The summed E-state index contributed by atoms with van der Waals surface area (Å²) in [7, 11) is 0. The Morgan fingerprint density at radius 3 is 2.54 bits per heavy atom. The van der Waals surface area contributed by atoms with Gasteiger partial charge in [-0.25, -0.2) is 0 Å². The van der Waals surface area contributed by atoms with Gasteiger partial charge in [-0.15, -0.1) is 0 Å². The van der Waals surface area contributed by atoms with E-state index in [0.717, 1.165) is 38.4 Å². The fraction of sp³-hybridized carbons (Fsp3) is 0.350. The largest absolute Gasteiger partial charge is 0.368 e. The maximum Gasteiger partial charge on any atom is 0.273 e. The first-order chi connectivity index (χ1) is 13.4. The molecule has 3 rings (SSSR count). The van der Waals surface area contributed by atoms with Crippen molar-refractivity contribution in [2.75, 3.05) is 42.9 Å². The van der Waals surface area contributed by atoms with Crippen molar-refractivity contribution in [1.29, 1.82) is 0 Å². The number of carbonyl (C=O) groups excluding carboxylic acids is 1. The Hall–Kier alpha value is -2.64. The molecule has 0 bridgehead atoms. The number of piperazine rings is 1. The smallest absolute Gasteiger partial charge is 0.273 e. The van der Waals surface area contributed by atoms with Crippen LogP contribution in [0.1, 0.15) is 22.8 Å². The molecule has 7 nitrogen and oxygen atoms in total. The van der Waals surface area contributed by atoms with Crippen molar-refractivity contribution in [2.24, 2.45) is 0 Å². The summed E-state index contributed by atoms with van der Waals surface area (Å²) in [6.07, 6.45) is 0. The zero-order chi connectivity index (χ0) is 20.3. The number of carbonyl (C=O) groups is 1. The second-order valence-corrected chi connectivity index (χ2v) is 7.16. The van der Waals surface area contributed by atoms with Crippen LogP contribution < -0.4 is 10.2 Å². The van der Waals surface area contributed by atoms with Crippen LogP contribution in [0.5, 0.6) is 0 Å². The van der Waals surface area contributed by atoms with Crippen molar-refractivity contribution in [3.05, 3.63) is 62.7 Å². The van der Waals surface area contributed by atoms with E-state index in [0.29, 0.717) is 16.3 Å². The first kappa shape index (κ1) is 20.1. The molecular formula is C20H23ClN4O3. The SMILES string of the molecule is CCN1CCN(c2ccc(NC(=O)c3cccc([N+](=O)[O-])c3C)cc2Cl)CC1. The fourth-order valence-corrected chi connectivity index (χ4v) is 3.71. The second-order valence-electron chi connectivity index (χ2n) is 6.75. The second kappa shape index (κ2) is 8.58. The summed E-state index contributed by atoms with van der Waals surface area (Å²) in [6, 6.07) is 9.88. The molecule has 28 heavy (non-hydrogen) atoms. The summed E-state index contributed by atoms with van der Waals surface area (Å²) in [5.41, 5.74) is 2.03. The molecule has 1 N–H and O–H groups in total. The summed E-state index contributed by atoms with van der Waals surface area (Å²) in [5, 5.41) is 14.4. The van der Waals surface area contributed by atoms with Crippen LogP contribution in [0.15, 0.2) is 36.4 Å². The van der Waals surface area contributed by atoms with Gasteiger partial charge in [0, 0.05) is 49.1 Å². The average Bonchev–Trinajstić information content (AvgIpc) is 2.68. The zero-order valence-electron chi connectivity index (χ0n) is 15.9. The first-order valence-electron chi connectivity index (χ1n) is 9.23. The quantitative estimate of drug-likeness (QED) is 0.605. The van der Waals surface area contributed by atoms with Crippen molar-refractivity contribution in [2.45, 2.75) is 13.8 Å². The highest BCUT2D eigenvalue weighted by Gasteiger charge is 2.20. The monoisotopic (exact) mass is 402 g/mol. The molecule has 0 spiro atoms. The summed E-state index contributed by atoms with van der Waals surface area (Å²) in [4.78, 5) is 27.8. The molecule has 0 aliphatic carbocycles. The minimum atomic E-state index is -0.490. The lowest BCUT2D eigenvalue weighted by Crippen LogP contribution is -2.46. The Morgan fingerprint density at radius 1 is 1.21 bits per heavy atom. The van der Waals surface area contributed by atoms with Crippen LogP contribution in [0.25, 0.3) is 0 Å². The predicted octanol–water partition coefficient (Wildman–Crippen LogP) is 3.95. The van der Waals surface area contributed by atoms with Gasteiger partial charge in [-0.05, 0) is 37.7 Å². The van der Waals surface area contributed by atoms with Gasteiger partial charge in [0.15, 0.2) is 0 Å². The van der Waals surface area contributed by atoms with E-state index in [4.69, 9.17) is 11.6 Å². The molecule has 148 valence electrons. The summed E-state index contributed by atoms with van der Waals surface area (Å²) in [5.74, 6) is -0.401. The zero-order valence-corrected chi connectivity index (χ0v) is 16.7. The lowest BCUT2D eigenvalue weighted by Gasteiger charge is -2.36. The highest BCUT2D eigenvalue weighted by Crippen LogP contribution is 2.30. The van der Waals surface area contributed by atoms with Crippen molar-refractivity contribution < 1.29 is 9.72 Å². The van der Waals surface area contributed by atoms with E-state index in [-0.39, 0.29) is 11.3 Å². The van der Waals surface area contributed by atoms with Crippen LogP contribution in [0.4, 0.5) is 17.1 Å². The molecule has 2 aromatic carbocycles. The van der Waals surface area contributed by atoms with Crippen molar-refractivity contribution in [3.8, 4) is 0 Å². The minimum absolute atomic E-state index is 0.0766. The van der Waals surface area contributed by atoms with E-state index < -0.39 is 10.8 Å². The van der Waals surface area contributed by atoms with E-state index in [2.05, 4.69) is 22.0 Å². The van der Waals surface area contributed by atoms with Crippen LogP contribution >= 0.6 is 11.6 Å².